The smallest absolute Gasteiger partial charge is 0.326 e. The third-order valence-electron chi connectivity index (χ3n) is 9.29. The van der Waals surface area contributed by atoms with Crippen LogP contribution in [-0.4, -0.2) is 59.7 Å². The molecule has 0 bridgehead atoms. The average molecular weight is 561 g/mol. The van der Waals surface area contributed by atoms with Gasteiger partial charge in [-0.05, 0) is 99.5 Å². The minimum atomic E-state index is -1.16. The van der Waals surface area contributed by atoms with Gasteiger partial charge in [0, 0.05) is 37.5 Å². The highest BCUT2D eigenvalue weighted by Gasteiger charge is 2.59. The number of benzene rings is 1. The number of hydrogen-bond donors (Lipinski definition) is 3. The van der Waals surface area contributed by atoms with Crippen molar-refractivity contribution in [2.75, 3.05) is 29.9 Å². The van der Waals surface area contributed by atoms with Crippen molar-refractivity contribution in [2.24, 2.45) is 11.3 Å². The topological polar surface area (TPSA) is 121 Å². The number of carbonyl (C=O) groups is 3. The number of carbonyl (C=O) groups excluding carboxylic acids is 2. The summed E-state index contributed by atoms with van der Waals surface area (Å²) >= 11 is 0. The van der Waals surface area contributed by atoms with Gasteiger partial charge >= 0.3 is 5.97 Å². The lowest BCUT2D eigenvalue weighted by Gasteiger charge is -2.35. The molecule has 1 atom stereocenters. The van der Waals surface area contributed by atoms with Gasteiger partial charge in [-0.2, -0.15) is 0 Å². The van der Waals surface area contributed by atoms with Crippen molar-refractivity contribution in [1.29, 1.82) is 0 Å². The summed E-state index contributed by atoms with van der Waals surface area (Å²) in [5.74, 6) is -0.184. The van der Waals surface area contributed by atoms with Crippen molar-refractivity contribution in [3.63, 3.8) is 0 Å². The molecule has 2 amide bonds. The number of aryl methyl sites for hydroxylation is 3. The first-order valence-electron chi connectivity index (χ1n) is 15.1. The number of carboxylic acid groups (broad SMARTS) is 1. The van der Waals surface area contributed by atoms with Gasteiger partial charge in [0.1, 0.15) is 17.3 Å². The van der Waals surface area contributed by atoms with Gasteiger partial charge in [0.2, 0.25) is 11.8 Å². The zero-order valence-corrected chi connectivity index (χ0v) is 23.8. The van der Waals surface area contributed by atoms with Crippen LogP contribution in [0.1, 0.15) is 67.3 Å². The first kappa shape index (κ1) is 27.7. The van der Waals surface area contributed by atoms with E-state index < -0.39 is 23.3 Å². The summed E-state index contributed by atoms with van der Waals surface area (Å²) < 4.78 is 5.96. The van der Waals surface area contributed by atoms with E-state index >= 15 is 0 Å². The lowest BCUT2D eigenvalue weighted by atomic mass is 9.79. The van der Waals surface area contributed by atoms with E-state index in [1.165, 1.54) is 5.56 Å². The number of rotatable bonds is 11. The minimum Gasteiger partial charge on any atom is -0.480 e. The first-order chi connectivity index (χ1) is 19.8. The van der Waals surface area contributed by atoms with Crippen molar-refractivity contribution in [3.05, 3.63) is 52.7 Å². The van der Waals surface area contributed by atoms with Crippen LogP contribution in [0.3, 0.4) is 0 Å². The predicted molar refractivity (Wildman–Crippen MR) is 155 cm³/mol. The molecule has 6 rings (SSSR count). The van der Waals surface area contributed by atoms with Crippen LogP contribution >= 0.6 is 0 Å². The van der Waals surface area contributed by atoms with Gasteiger partial charge in [-0.1, -0.05) is 18.2 Å². The molecule has 0 radical (unpaired) electrons. The number of anilines is 2. The summed E-state index contributed by atoms with van der Waals surface area (Å²) in [6.07, 6.45) is 8.13. The van der Waals surface area contributed by atoms with Crippen LogP contribution < -0.4 is 15.5 Å². The Morgan fingerprint density at radius 1 is 1.17 bits per heavy atom. The fraction of sp³-hybridized carbons (Fsp3) is 0.562. The molecule has 0 unspecified atom stereocenters. The lowest BCUT2D eigenvalue weighted by molar-refractivity contribution is -0.145. The van der Waals surface area contributed by atoms with E-state index in [4.69, 9.17) is 9.72 Å². The SMILES string of the molecule is Cc1ccc2c(c1)N(C(=O)C1(C(=O)N[C@@H](CCOC3CC(CCc4ccc5c(n4)NCCC5)C3)C(=O)O)CC1)CC2. The third kappa shape index (κ3) is 5.82. The molecule has 9 heteroatoms. The molecule has 3 N–H and O–H groups in total. The minimum absolute atomic E-state index is 0.123. The number of nitrogens with zero attached hydrogens (tertiary/aromatic N) is 2. The monoisotopic (exact) mass is 560 g/mol. The van der Waals surface area contributed by atoms with Gasteiger partial charge < -0.3 is 25.4 Å². The number of fused-ring (bicyclic) bond motifs is 2. The number of aromatic nitrogens is 1. The molecule has 2 fully saturated rings. The number of nitrogens with one attached hydrogen (secondary N) is 2. The summed E-state index contributed by atoms with van der Waals surface area (Å²) in [5.41, 5.74) is 4.30. The summed E-state index contributed by atoms with van der Waals surface area (Å²) in [5, 5.41) is 15.8. The molecule has 2 aliphatic carbocycles. The van der Waals surface area contributed by atoms with Crippen LogP contribution in [0.5, 0.6) is 0 Å². The zero-order valence-electron chi connectivity index (χ0n) is 23.8. The Kier molecular flexibility index (Phi) is 7.72. The average Bonchev–Trinajstić information content (AvgIpc) is 3.66. The molecule has 0 saturated heterocycles. The largest absolute Gasteiger partial charge is 0.480 e. The zero-order chi connectivity index (χ0) is 28.6. The van der Waals surface area contributed by atoms with Gasteiger partial charge in [0.15, 0.2) is 0 Å². The highest BCUT2D eigenvalue weighted by molar-refractivity contribution is 6.15. The number of ether oxygens (including phenoxy) is 1. The molecule has 1 aromatic carbocycles. The second-order valence-corrected chi connectivity index (χ2v) is 12.3. The van der Waals surface area contributed by atoms with Crippen molar-refractivity contribution < 1.29 is 24.2 Å². The molecule has 0 spiro atoms. The van der Waals surface area contributed by atoms with E-state index in [0.29, 0.717) is 25.3 Å². The van der Waals surface area contributed by atoms with Gasteiger partial charge in [0.05, 0.1) is 6.10 Å². The summed E-state index contributed by atoms with van der Waals surface area (Å²) in [4.78, 5) is 45.1. The molecule has 2 aliphatic heterocycles. The van der Waals surface area contributed by atoms with Gasteiger partial charge in [-0.3, -0.25) is 9.59 Å². The van der Waals surface area contributed by atoms with Crippen LogP contribution in [0.25, 0.3) is 0 Å². The fourth-order valence-electron chi connectivity index (χ4n) is 6.43. The molecule has 2 aromatic rings. The fourth-order valence-corrected chi connectivity index (χ4v) is 6.43. The molecule has 41 heavy (non-hydrogen) atoms. The van der Waals surface area contributed by atoms with Crippen molar-refractivity contribution in [3.8, 4) is 0 Å². The van der Waals surface area contributed by atoms with E-state index in [-0.39, 0.29) is 25.0 Å². The first-order valence-corrected chi connectivity index (χ1v) is 15.1. The second kappa shape index (κ2) is 11.4. The number of carboxylic acids is 1. The number of amides is 2. The molecular weight excluding hydrogens is 520 g/mol. The second-order valence-electron chi connectivity index (χ2n) is 12.3. The lowest BCUT2D eigenvalue weighted by Crippen LogP contribution is -2.50. The summed E-state index contributed by atoms with van der Waals surface area (Å²) in [6, 6.07) is 9.30. The Morgan fingerprint density at radius 2 is 1.98 bits per heavy atom. The van der Waals surface area contributed by atoms with Crippen molar-refractivity contribution in [2.45, 2.75) is 83.3 Å². The standard InChI is InChI=1S/C32H40N4O5/c1-20-4-6-22-10-15-36(27(22)17-20)31(40)32(12-13-32)30(39)35-26(29(37)38)11-16-41-25-18-21(19-25)5-8-24-9-7-23-3-2-14-33-28(23)34-24/h4,6-7,9,17,21,25-26H,2-3,5,8,10-16,18-19H2,1H3,(H,33,34)(H,35,39)(H,37,38)/t21?,25?,26-/m0/s1. The quantitative estimate of drug-likeness (QED) is 0.358. The Morgan fingerprint density at radius 3 is 2.76 bits per heavy atom. The molecular formula is C32H40N4O5. The maximum atomic E-state index is 13.5. The molecule has 2 saturated carbocycles. The van der Waals surface area contributed by atoms with E-state index in [9.17, 15) is 19.5 Å². The predicted octanol–water partition coefficient (Wildman–Crippen LogP) is 3.80. The van der Waals surface area contributed by atoms with Crippen molar-refractivity contribution in [1.82, 2.24) is 10.3 Å². The highest BCUT2D eigenvalue weighted by atomic mass is 16.5. The van der Waals surface area contributed by atoms with E-state index in [1.807, 2.05) is 25.1 Å². The Balaban J connectivity index is 0.940. The molecule has 4 aliphatic rings. The van der Waals surface area contributed by atoms with Crippen LogP contribution in [0.15, 0.2) is 30.3 Å². The number of aliphatic carboxylic acids is 1. The maximum Gasteiger partial charge on any atom is 0.326 e. The summed E-state index contributed by atoms with van der Waals surface area (Å²) in [7, 11) is 0. The van der Waals surface area contributed by atoms with E-state index in [1.54, 1.807) is 4.90 Å². The van der Waals surface area contributed by atoms with E-state index in [0.717, 1.165) is 79.8 Å². The van der Waals surface area contributed by atoms with Crippen LogP contribution in [0.2, 0.25) is 0 Å². The Labute approximate surface area is 241 Å². The molecule has 1 aromatic heterocycles. The molecule has 3 heterocycles. The highest BCUT2D eigenvalue weighted by Crippen LogP contribution is 2.49. The van der Waals surface area contributed by atoms with Crippen LogP contribution in [0, 0.1) is 18.3 Å². The van der Waals surface area contributed by atoms with Gasteiger partial charge in [-0.15, -0.1) is 0 Å². The van der Waals surface area contributed by atoms with Crippen molar-refractivity contribution >= 4 is 29.3 Å². The van der Waals surface area contributed by atoms with Crippen LogP contribution in [-0.2, 0) is 38.4 Å². The Hall–Kier alpha value is -3.46. The number of pyridine rings is 1. The third-order valence-corrected chi connectivity index (χ3v) is 9.29. The summed E-state index contributed by atoms with van der Waals surface area (Å²) in [6.45, 7) is 3.78. The molecule has 218 valence electrons. The van der Waals surface area contributed by atoms with Crippen LogP contribution in [0.4, 0.5) is 11.5 Å². The normalized spacial score (nSPS) is 22.5. The van der Waals surface area contributed by atoms with Gasteiger partial charge in [0.25, 0.3) is 0 Å². The molecule has 9 nitrogen and oxygen atoms in total. The van der Waals surface area contributed by atoms with Gasteiger partial charge in [-0.25, -0.2) is 9.78 Å². The Bertz CT molecular complexity index is 1330. The maximum absolute atomic E-state index is 13.5. The number of hydrogen-bond acceptors (Lipinski definition) is 6. The van der Waals surface area contributed by atoms with E-state index in [2.05, 4.69) is 22.8 Å².